The molecule has 0 atom stereocenters. The molecule has 2 N–H and O–H groups in total. The first-order valence-corrected chi connectivity index (χ1v) is 9.75. The first-order valence-electron chi connectivity index (χ1n) is 9.75. The summed E-state index contributed by atoms with van der Waals surface area (Å²) >= 11 is 0. The quantitative estimate of drug-likeness (QED) is 0.871. The third-order valence-electron chi connectivity index (χ3n) is 5.44. The first-order chi connectivity index (χ1) is 13.3. The number of nitriles is 1. The minimum absolute atomic E-state index is 0.456. The van der Waals surface area contributed by atoms with E-state index in [0.29, 0.717) is 11.6 Å². The summed E-state index contributed by atoms with van der Waals surface area (Å²) in [6.07, 6.45) is 4.15. The SMILES string of the molecule is N#Cc1ccc(N2CCC(Nc3ccc(N4CCNCC4)cn3)CC2)cc1. The van der Waals surface area contributed by atoms with E-state index < -0.39 is 0 Å². The number of piperidine rings is 1. The van der Waals surface area contributed by atoms with Crippen LogP contribution in [0.3, 0.4) is 0 Å². The molecule has 0 amide bonds. The van der Waals surface area contributed by atoms with Gasteiger partial charge < -0.3 is 20.4 Å². The highest BCUT2D eigenvalue weighted by Gasteiger charge is 2.20. The van der Waals surface area contributed by atoms with Crippen LogP contribution in [0.2, 0.25) is 0 Å². The molecule has 3 heterocycles. The molecule has 0 unspecified atom stereocenters. The molecular formula is C21H26N6. The molecule has 2 aromatic rings. The number of pyridine rings is 1. The first kappa shape index (κ1) is 17.6. The van der Waals surface area contributed by atoms with Crippen molar-refractivity contribution in [1.82, 2.24) is 10.3 Å². The zero-order chi connectivity index (χ0) is 18.5. The smallest absolute Gasteiger partial charge is 0.126 e. The highest BCUT2D eigenvalue weighted by atomic mass is 15.2. The minimum atomic E-state index is 0.456. The molecule has 1 aromatic heterocycles. The second kappa shape index (κ2) is 8.28. The van der Waals surface area contributed by atoms with E-state index in [9.17, 15) is 0 Å². The Kier molecular flexibility index (Phi) is 5.40. The van der Waals surface area contributed by atoms with Gasteiger partial charge in [-0.15, -0.1) is 0 Å². The molecule has 0 spiro atoms. The molecule has 140 valence electrons. The van der Waals surface area contributed by atoms with Crippen LogP contribution >= 0.6 is 0 Å². The van der Waals surface area contributed by atoms with Gasteiger partial charge in [0.15, 0.2) is 0 Å². The molecule has 6 nitrogen and oxygen atoms in total. The van der Waals surface area contributed by atoms with Crippen LogP contribution in [0.25, 0.3) is 0 Å². The molecular weight excluding hydrogens is 336 g/mol. The van der Waals surface area contributed by atoms with Crippen molar-refractivity contribution < 1.29 is 0 Å². The van der Waals surface area contributed by atoms with E-state index in [1.165, 1.54) is 11.4 Å². The van der Waals surface area contributed by atoms with Gasteiger partial charge in [0, 0.05) is 51.0 Å². The Hall–Kier alpha value is -2.78. The van der Waals surface area contributed by atoms with E-state index in [0.717, 1.165) is 57.9 Å². The molecule has 2 saturated heterocycles. The molecule has 0 saturated carbocycles. The maximum absolute atomic E-state index is 8.92. The van der Waals surface area contributed by atoms with E-state index >= 15 is 0 Å². The number of rotatable bonds is 4. The summed E-state index contributed by atoms with van der Waals surface area (Å²) in [7, 11) is 0. The Bertz CT molecular complexity index is 766. The normalized spacial score (nSPS) is 18.2. The monoisotopic (exact) mass is 362 g/mol. The number of anilines is 3. The van der Waals surface area contributed by atoms with Gasteiger partial charge in [-0.1, -0.05) is 0 Å². The number of piperazine rings is 1. The Labute approximate surface area is 160 Å². The third-order valence-corrected chi connectivity index (χ3v) is 5.44. The van der Waals surface area contributed by atoms with E-state index in [2.05, 4.69) is 43.6 Å². The molecule has 0 bridgehead atoms. The van der Waals surface area contributed by atoms with Crippen molar-refractivity contribution in [3.05, 3.63) is 48.2 Å². The van der Waals surface area contributed by atoms with Crippen LogP contribution in [0.15, 0.2) is 42.6 Å². The number of nitrogens with zero attached hydrogens (tertiary/aromatic N) is 4. The summed E-state index contributed by atoms with van der Waals surface area (Å²) in [6, 6.07) is 14.8. The van der Waals surface area contributed by atoms with Crippen LogP contribution in [0.5, 0.6) is 0 Å². The van der Waals surface area contributed by atoms with Crippen molar-refractivity contribution in [3.63, 3.8) is 0 Å². The fraction of sp³-hybridized carbons (Fsp3) is 0.429. The topological polar surface area (TPSA) is 67.2 Å². The number of benzene rings is 1. The molecule has 2 aliphatic heterocycles. The number of nitrogens with one attached hydrogen (secondary N) is 2. The lowest BCUT2D eigenvalue weighted by atomic mass is 10.0. The zero-order valence-corrected chi connectivity index (χ0v) is 15.6. The minimum Gasteiger partial charge on any atom is -0.371 e. The van der Waals surface area contributed by atoms with E-state index in [4.69, 9.17) is 5.26 Å². The Morgan fingerprint density at radius 2 is 1.59 bits per heavy atom. The molecule has 4 rings (SSSR count). The largest absolute Gasteiger partial charge is 0.371 e. The summed E-state index contributed by atoms with van der Waals surface area (Å²) in [5.41, 5.74) is 3.12. The van der Waals surface area contributed by atoms with Crippen LogP contribution in [0, 0.1) is 11.3 Å². The number of hydrogen-bond donors (Lipinski definition) is 2. The standard InChI is InChI=1S/C21H26N6/c22-15-17-1-3-19(4-2-17)26-11-7-18(8-12-26)25-21-6-5-20(16-24-21)27-13-9-23-10-14-27/h1-6,16,18,23H,7-14H2,(H,24,25). The lowest BCUT2D eigenvalue weighted by Gasteiger charge is -2.34. The summed E-state index contributed by atoms with van der Waals surface area (Å²) in [5.74, 6) is 0.964. The summed E-state index contributed by atoms with van der Waals surface area (Å²) in [4.78, 5) is 9.39. The average Bonchev–Trinajstić information content (AvgIpc) is 2.76. The second-order valence-corrected chi connectivity index (χ2v) is 7.20. The van der Waals surface area contributed by atoms with Gasteiger partial charge in [0.25, 0.3) is 0 Å². The molecule has 2 fully saturated rings. The van der Waals surface area contributed by atoms with E-state index in [1.807, 2.05) is 30.5 Å². The molecule has 1 aromatic carbocycles. The van der Waals surface area contributed by atoms with Crippen LogP contribution < -0.4 is 20.4 Å². The van der Waals surface area contributed by atoms with Gasteiger partial charge in [-0.2, -0.15) is 5.26 Å². The van der Waals surface area contributed by atoms with Crippen molar-refractivity contribution in [2.75, 3.05) is 54.4 Å². The highest BCUT2D eigenvalue weighted by molar-refractivity contribution is 5.52. The Morgan fingerprint density at radius 3 is 2.22 bits per heavy atom. The Balaban J connectivity index is 1.29. The van der Waals surface area contributed by atoms with Gasteiger partial charge in [0.1, 0.15) is 5.82 Å². The van der Waals surface area contributed by atoms with Gasteiger partial charge in [-0.3, -0.25) is 0 Å². The average molecular weight is 362 g/mol. The zero-order valence-electron chi connectivity index (χ0n) is 15.6. The molecule has 0 aliphatic carbocycles. The third kappa shape index (κ3) is 4.32. The Morgan fingerprint density at radius 1 is 0.926 bits per heavy atom. The van der Waals surface area contributed by atoms with E-state index in [1.54, 1.807) is 0 Å². The lowest BCUT2D eigenvalue weighted by molar-refractivity contribution is 0.525. The van der Waals surface area contributed by atoms with Gasteiger partial charge in [0.05, 0.1) is 23.5 Å². The molecule has 6 heteroatoms. The maximum atomic E-state index is 8.92. The highest BCUT2D eigenvalue weighted by Crippen LogP contribution is 2.23. The maximum Gasteiger partial charge on any atom is 0.126 e. The fourth-order valence-corrected chi connectivity index (χ4v) is 3.82. The van der Waals surface area contributed by atoms with Crippen molar-refractivity contribution in [1.29, 1.82) is 5.26 Å². The van der Waals surface area contributed by atoms with E-state index in [-0.39, 0.29) is 0 Å². The van der Waals surface area contributed by atoms with Crippen molar-refractivity contribution >= 4 is 17.2 Å². The summed E-state index contributed by atoms with van der Waals surface area (Å²) in [6.45, 7) is 6.20. The van der Waals surface area contributed by atoms with Gasteiger partial charge >= 0.3 is 0 Å². The molecule has 0 radical (unpaired) electrons. The van der Waals surface area contributed by atoms with Crippen LogP contribution in [0.1, 0.15) is 18.4 Å². The summed E-state index contributed by atoms with van der Waals surface area (Å²) < 4.78 is 0. The number of aromatic nitrogens is 1. The van der Waals surface area contributed by atoms with Crippen LogP contribution in [-0.4, -0.2) is 50.3 Å². The molecule has 27 heavy (non-hydrogen) atoms. The van der Waals surface area contributed by atoms with Crippen molar-refractivity contribution in [2.45, 2.75) is 18.9 Å². The van der Waals surface area contributed by atoms with Gasteiger partial charge in [-0.25, -0.2) is 4.98 Å². The van der Waals surface area contributed by atoms with Gasteiger partial charge in [-0.05, 0) is 49.2 Å². The fourth-order valence-electron chi connectivity index (χ4n) is 3.82. The lowest BCUT2D eigenvalue weighted by Crippen LogP contribution is -2.43. The molecule has 2 aliphatic rings. The van der Waals surface area contributed by atoms with Crippen molar-refractivity contribution in [3.8, 4) is 6.07 Å². The second-order valence-electron chi connectivity index (χ2n) is 7.20. The summed E-state index contributed by atoms with van der Waals surface area (Å²) in [5, 5.41) is 15.9. The van der Waals surface area contributed by atoms with Crippen LogP contribution in [-0.2, 0) is 0 Å². The van der Waals surface area contributed by atoms with Gasteiger partial charge in [0.2, 0.25) is 0 Å². The number of hydrogen-bond acceptors (Lipinski definition) is 6. The predicted octanol–water partition coefficient (Wildman–Crippen LogP) is 2.44. The predicted molar refractivity (Wildman–Crippen MR) is 109 cm³/mol. The van der Waals surface area contributed by atoms with Crippen LogP contribution in [0.4, 0.5) is 17.2 Å². The van der Waals surface area contributed by atoms with Crippen molar-refractivity contribution in [2.24, 2.45) is 0 Å².